The minimum Gasteiger partial charge on any atom is -0.480 e. The Bertz CT molecular complexity index is 706. The molecule has 0 aromatic carbocycles. The third kappa shape index (κ3) is 2.89. The summed E-state index contributed by atoms with van der Waals surface area (Å²) in [6.45, 7) is 5.18. The van der Waals surface area contributed by atoms with Crippen LogP contribution in [0.2, 0.25) is 0 Å². The molecule has 0 bridgehead atoms. The summed E-state index contributed by atoms with van der Waals surface area (Å²) in [5.74, 6) is -1.00. The first kappa shape index (κ1) is 16.5. The Morgan fingerprint density at radius 3 is 2.52 bits per heavy atom. The normalized spacial score (nSPS) is 23.8. The molecule has 21 heavy (non-hydrogen) atoms. The van der Waals surface area contributed by atoms with E-state index in [2.05, 4.69) is 4.98 Å². The number of aryl methyl sites for hydroxylation is 1. The number of carboxylic acids is 1. The predicted octanol–water partition coefficient (Wildman–Crippen LogP) is 0.918. The number of nitrogens with zero attached hydrogens (tertiary/aromatic N) is 1. The molecule has 118 valence electrons. The molecule has 7 nitrogen and oxygen atoms in total. The predicted molar refractivity (Wildman–Crippen MR) is 81.2 cm³/mol. The maximum Gasteiger partial charge on any atom is 0.322 e. The van der Waals surface area contributed by atoms with Crippen molar-refractivity contribution in [2.24, 2.45) is 5.92 Å². The Morgan fingerprint density at radius 2 is 2.10 bits per heavy atom. The van der Waals surface area contributed by atoms with Crippen molar-refractivity contribution in [1.29, 1.82) is 0 Å². The maximum absolute atomic E-state index is 12.8. The van der Waals surface area contributed by atoms with Gasteiger partial charge in [-0.15, -0.1) is 11.8 Å². The van der Waals surface area contributed by atoms with Crippen LogP contribution in [0, 0.1) is 12.8 Å². The zero-order valence-electron chi connectivity index (χ0n) is 11.7. The van der Waals surface area contributed by atoms with Gasteiger partial charge in [0.1, 0.15) is 6.04 Å². The molecule has 2 heterocycles. The number of hydrogen-bond donors (Lipinski definition) is 2. The Kier molecular flexibility index (Phi) is 4.52. The third-order valence-corrected chi connectivity index (χ3v) is 8.36. The average molecular weight is 352 g/mol. The summed E-state index contributed by atoms with van der Waals surface area (Å²) in [6, 6.07) is -1.11. The van der Waals surface area contributed by atoms with E-state index in [-0.39, 0.29) is 21.6 Å². The molecule has 1 aliphatic rings. The molecule has 2 unspecified atom stereocenters. The fourth-order valence-corrected chi connectivity index (χ4v) is 7.32. The van der Waals surface area contributed by atoms with Crippen LogP contribution in [-0.2, 0) is 14.8 Å². The highest BCUT2D eigenvalue weighted by Gasteiger charge is 2.48. The van der Waals surface area contributed by atoms with Gasteiger partial charge in [0.25, 0.3) is 10.0 Å². The second-order valence-corrected chi connectivity index (χ2v) is 9.26. The smallest absolute Gasteiger partial charge is 0.322 e. The van der Waals surface area contributed by atoms with Crippen molar-refractivity contribution in [3.05, 3.63) is 15.4 Å². The van der Waals surface area contributed by atoms with Gasteiger partial charge in [0.2, 0.25) is 0 Å². The molecule has 0 spiro atoms. The van der Waals surface area contributed by atoms with Gasteiger partial charge >= 0.3 is 10.8 Å². The highest BCUT2D eigenvalue weighted by molar-refractivity contribution is 8.01. The van der Waals surface area contributed by atoms with E-state index >= 15 is 0 Å². The van der Waals surface area contributed by atoms with E-state index in [0.29, 0.717) is 11.3 Å². The molecule has 1 saturated heterocycles. The number of carbonyl (C=O) groups is 1. The number of nitrogens with one attached hydrogen (secondary N) is 1. The van der Waals surface area contributed by atoms with Crippen LogP contribution in [0.3, 0.4) is 0 Å². The molecule has 1 aromatic heterocycles. The fourth-order valence-electron chi connectivity index (χ4n) is 2.22. The van der Waals surface area contributed by atoms with Crippen LogP contribution in [0.25, 0.3) is 0 Å². The van der Waals surface area contributed by atoms with E-state index in [9.17, 15) is 23.1 Å². The van der Waals surface area contributed by atoms with Crippen LogP contribution in [0.15, 0.2) is 9.00 Å². The molecule has 2 atom stereocenters. The lowest BCUT2D eigenvalue weighted by Crippen LogP contribution is -2.46. The standard InChI is InChI=1S/C11H16N2O5S3/c1-5(2)8-13(7(4-19-8)9(14)15)21(17,18)10-6(3)12-11(16)20-10/h5,7-8H,4H2,1-3H3,(H,12,16)(H,14,15). The number of rotatable bonds is 4. The van der Waals surface area contributed by atoms with Gasteiger partial charge in [-0.2, -0.15) is 4.31 Å². The Hall–Kier alpha value is -0.840. The Balaban J connectivity index is 2.55. The van der Waals surface area contributed by atoms with Gasteiger partial charge in [0.05, 0.1) is 5.37 Å². The first-order valence-corrected chi connectivity index (χ1v) is 9.54. The van der Waals surface area contributed by atoms with Crippen molar-refractivity contribution >= 4 is 39.1 Å². The number of thiazole rings is 1. The van der Waals surface area contributed by atoms with Gasteiger partial charge in [-0.3, -0.25) is 9.59 Å². The van der Waals surface area contributed by atoms with Gasteiger partial charge in [0.15, 0.2) is 4.21 Å². The number of hydrogen-bond acceptors (Lipinski definition) is 6. The molecule has 1 aromatic rings. The second kappa shape index (κ2) is 5.75. The lowest BCUT2D eigenvalue weighted by atomic mass is 10.2. The summed E-state index contributed by atoms with van der Waals surface area (Å²) >= 11 is 1.90. The fraction of sp³-hybridized carbons (Fsp3) is 0.636. The zero-order valence-corrected chi connectivity index (χ0v) is 14.1. The highest BCUT2D eigenvalue weighted by atomic mass is 32.2. The minimum absolute atomic E-state index is 0.0369. The zero-order chi connectivity index (χ0) is 15.9. The van der Waals surface area contributed by atoms with Crippen LogP contribution < -0.4 is 4.87 Å². The van der Waals surface area contributed by atoms with E-state index < -0.39 is 32.3 Å². The van der Waals surface area contributed by atoms with Gasteiger partial charge in [-0.25, -0.2) is 8.42 Å². The number of H-pyrrole nitrogens is 1. The first-order valence-electron chi connectivity index (χ1n) is 6.24. The topological polar surface area (TPSA) is 108 Å². The van der Waals surface area contributed by atoms with Crippen molar-refractivity contribution in [3.8, 4) is 0 Å². The van der Waals surface area contributed by atoms with E-state index in [0.717, 1.165) is 4.31 Å². The molecule has 1 fully saturated rings. The SMILES string of the molecule is Cc1[nH]c(=O)sc1S(=O)(=O)N1C(C(=O)O)CSC1C(C)C. The Morgan fingerprint density at radius 1 is 1.48 bits per heavy atom. The van der Waals surface area contributed by atoms with Crippen LogP contribution in [-0.4, -0.2) is 46.0 Å². The number of sulfonamides is 1. The van der Waals surface area contributed by atoms with Crippen molar-refractivity contribution in [2.75, 3.05) is 5.75 Å². The van der Waals surface area contributed by atoms with Gasteiger partial charge in [0, 0.05) is 11.4 Å². The van der Waals surface area contributed by atoms with Crippen LogP contribution in [0.1, 0.15) is 19.5 Å². The number of carboxylic acid groups (broad SMARTS) is 1. The summed E-state index contributed by atoms with van der Waals surface area (Å²) < 4.78 is 26.5. The molecule has 2 N–H and O–H groups in total. The monoisotopic (exact) mass is 352 g/mol. The summed E-state index contributed by atoms with van der Waals surface area (Å²) in [5, 5.41) is 8.83. The molecule has 10 heteroatoms. The van der Waals surface area contributed by atoms with E-state index in [1.54, 1.807) is 0 Å². The van der Waals surface area contributed by atoms with Crippen molar-refractivity contribution in [3.63, 3.8) is 0 Å². The van der Waals surface area contributed by atoms with E-state index in [1.165, 1.54) is 18.7 Å². The average Bonchev–Trinajstić information content (AvgIpc) is 2.93. The van der Waals surface area contributed by atoms with Crippen molar-refractivity contribution in [2.45, 2.75) is 36.4 Å². The molecule has 1 aliphatic heterocycles. The summed E-state index contributed by atoms with van der Waals surface area (Å²) in [6.07, 6.45) is 0. The first-order chi connectivity index (χ1) is 9.66. The van der Waals surface area contributed by atoms with Gasteiger partial charge in [-0.1, -0.05) is 25.2 Å². The quantitative estimate of drug-likeness (QED) is 0.834. The number of aliphatic carboxylic acids is 1. The molecule has 0 radical (unpaired) electrons. The number of aromatic amines is 1. The summed E-state index contributed by atoms with van der Waals surface area (Å²) in [5.41, 5.74) is 0.244. The number of aromatic nitrogens is 1. The van der Waals surface area contributed by atoms with Crippen LogP contribution in [0.4, 0.5) is 0 Å². The van der Waals surface area contributed by atoms with E-state index in [1.807, 2.05) is 13.8 Å². The molecule has 2 rings (SSSR count). The third-order valence-electron chi connectivity index (χ3n) is 3.13. The van der Waals surface area contributed by atoms with Crippen LogP contribution >= 0.6 is 23.1 Å². The highest BCUT2D eigenvalue weighted by Crippen LogP contribution is 2.39. The van der Waals surface area contributed by atoms with Crippen molar-refractivity contribution in [1.82, 2.24) is 9.29 Å². The number of thioether (sulfide) groups is 1. The molecule has 0 saturated carbocycles. The maximum atomic E-state index is 12.8. The molecule has 0 amide bonds. The lowest BCUT2D eigenvalue weighted by Gasteiger charge is -2.28. The van der Waals surface area contributed by atoms with Crippen molar-refractivity contribution < 1.29 is 18.3 Å². The molecular formula is C11H16N2O5S3. The largest absolute Gasteiger partial charge is 0.480 e. The molecular weight excluding hydrogens is 336 g/mol. The molecule has 0 aliphatic carbocycles. The van der Waals surface area contributed by atoms with E-state index in [4.69, 9.17) is 0 Å². The lowest BCUT2D eigenvalue weighted by molar-refractivity contribution is -0.140. The van der Waals surface area contributed by atoms with Gasteiger partial charge < -0.3 is 10.1 Å². The Labute approximate surface area is 130 Å². The minimum atomic E-state index is -4.02. The van der Waals surface area contributed by atoms with Crippen LogP contribution in [0.5, 0.6) is 0 Å². The second-order valence-electron chi connectivity index (χ2n) is 5.08. The summed E-state index contributed by atoms with van der Waals surface area (Å²) in [7, 11) is -4.02. The van der Waals surface area contributed by atoms with Gasteiger partial charge in [-0.05, 0) is 12.8 Å². The summed E-state index contributed by atoms with van der Waals surface area (Å²) in [4.78, 5) is 24.7.